The Bertz CT molecular complexity index is 1540. The van der Waals surface area contributed by atoms with E-state index >= 15 is 0 Å². The second kappa shape index (κ2) is 15.6. The van der Waals surface area contributed by atoms with Gasteiger partial charge in [0.25, 0.3) is 0 Å². The molecule has 22 unspecified atom stereocenters. The minimum absolute atomic E-state index is 0.0340. The van der Waals surface area contributed by atoms with Crippen molar-refractivity contribution < 1.29 is 74.1 Å². The highest BCUT2D eigenvalue weighted by atomic mass is 16.8. The predicted octanol–water partition coefficient (Wildman–Crippen LogP) is 1.93. The Hall–Kier alpha value is -1.05. The van der Waals surface area contributed by atoms with E-state index in [2.05, 4.69) is 27.7 Å². The van der Waals surface area contributed by atoms with Crippen LogP contribution in [0.4, 0.5) is 0 Å². The van der Waals surface area contributed by atoms with Crippen LogP contribution in [0.5, 0.6) is 0 Å². The summed E-state index contributed by atoms with van der Waals surface area (Å²) in [6.45, 7) is 19.0. The molecule has 0 bridgehead atoms. The van der Waals surface area contributed by atoms with E-state index in [1.165, 1.54) is 13.8 Å². The molecule has 59 heavy (non-hydrogen) atoms. The van der Waals surface area contributed by atoms with Crippen LogP contribution in [0.25, 0.3) is 0 Å². The summed E-state index contributed by atoms with van der Waals surface area (Å²) in [5.74, 6) is -0.947. The van der Waals surface area contributed by atoms with E-state index in [0.717, 1.165) is 25.7 Å². The van der Waals surface area contributed by atoms with Gasteiger partial charge in [-0.05, 0) is 124 Å². The van der Waals surface area contributed by atoms with Crippen molar-refractivity contribution in [3.05, 3.63) is 0 Å². The molecule has 8 N–H and O–H groups in total. The van der Waals surface area contributed by atoms with E-state index in [1.54, 1.807) is 13.8 Å². The molecule has 0 spiro atoms. The average Bonchev–Trinajstić information content (AvgIpc) is 3.74. The van der Waals surface area contributed by atoms with Crippen molar-refractivity contribution in [1.29, 1.82) is 0 Å². The second-order valence-electron chi connectivity index (χ2n) is 21.8. The van der Waals surface area contributed by atoms with Gasteiger partial charge in [0.05, 0.1) is 41.7 Å². The zero-order chi connectivity index (χ0) is 43.6. The number of hydrogen-bond donors (Lipinski definition) is 8. The van der Waals surface area contributed by atoms with Crippen molar-refractivity contribution >= 4 is 5.97 Å². The average molecular weight is 843 g/mol. The molecule has 0 radical (unpaired) electrons. The zero-order valence-electron chi connectivity index (χ0n) is 36.7. The molecule has 4 aliphatic carbocycles. The van der Waals surface area contributed by atoms with Gasteiger partial charge in [-0.1, -0.05) is 34.6 Å². The van der Waals surface area contributed by atoms with Crippen molar-refractivity contribution in [2.45, 2.75) is 218 Å². The monoisotopic (exact) mass is 843 g/mol. The maximum atomic E-state index is 12.4. The van der Waals surface area contributed by atoms with Gasteiger partial charge in [-0.25, -0.2) is 0 Å². The minimum Gasteiger partial charge on any atom is -0.463 e. The molecule has 3 heterocycles. The number of carbonyl (C=O) groups is 1. The molecule has 7 rings (SSSR count). The topological polar surface area (TPSA) is 234 Å². The standard InChI is InChI=1S/C44H74O15/c1-20-30(48)32(50)34(52)37(55-20)58-35-33(51)31(49)25(19-54-21(2)45)57-38(35)56-24-18-43(9)26(41(7)14-12-27(47)39(3,4)36(24)41)17-23(46)29-22(11-15-42(29,43)8)44(10)16-13-28(59-44)40(5,6)53/h20,22-38,46-53H,11-19H2,1-10H3. The van der Waals surface area contributed by atoms with Crippen molar-refractivity contribution in [3.8, 4) is 0 Å². The Morgan fingerprint density at radius 1 is 0.780 bits per heavy atom. The summed E-state index contributed by atoms with van der Waals surface area (Å²) in [5.41, 5.74) is -3.49. The second-order valence-corrected chi connectivity index (χ2v) is 21.8. The molecule has 0 aromatic heterocycles. The lowest BCUT2D eigenvalue weighted by Gasteiger charge is -2.72. The van der Waals surface area contributed by atoms with Crippen LogP contribution in [-0.2, 0) is 33.2 Å². The Kier molecular flexibility index (Phi) is 12.1. The van der Waals surface area contributed by atoms with Gasteiger partial charge in [0.15, 0.2) is 12.6 Å². The molecule has 3 saturated heterocycles. The van der Waals surface area contributed by atoms with E-state index in [1.807, 2.05) is 13.8 Å². The summed E-state index contributed by atoms with van der Waals surface area (Å²) in [6.07, 6.45) is -11.5. The SMILES string of the molecule is CC(=O)OCC1OC(OC2CC3(C)C(CC(O)C4C(C5(C)CCC(C(C)(C)O)O5)CCC43C)C3(C)CCC(O)C(C)(C)C23)C(OC2OC(C)C(O)C(O)C2O)C(O)C1O. The first-order chi connectivity index (χ1) is 27.2. The van der Waals surface area contributed by atoms with Crippen LogP contribution in [0.2, 0.25) is 0 Å². The summed E-state index contributed by atoms with van der Waals surface area (Å²) < 4.78 is 37.5. The van der Waals surface area contributed by atoms with E-state index < -0.39 is 120 Å². The summed E-state index contributed by atoms with van der Waals surface area (Å²) in [7, 11) is 0. The fourth-order valence-electron chi connectivity index (χ4n) is 14.3. The maximum Gasteiger partial charge on any atom is 0.302 e. The lowest BCUT2D eigenvalue weighted by atomic mass is 9.34. The van der Waals surface area contributed by atoms with Crippen molar-refractivity contribution in [2.24, 2.45) is 45.3 Å². The molecule has 15 nitrogen and oxygen atoms in total. The van der Waals surface area contributed by atoms with Crippen LogP contribution in [0.3, 0.4) is 0 Å². The number of ether oxygens (including phenoxy) is 6. The fourth-order valence-corrected chi connectivity index (χ4v) is 14.3. The summed E-state index contributed by atoms with van der Waals surface area (Å²) in [4.78, 5) is 11.9. The van der Waals surface area contributed by atoms with Crippen LogP contribution in [-0.4, -0.2) is 150 Å². The molecule has 4 saturated carbocycles. The normalized spacial score (nSPS) is 54.9. The van der Waals surface area contributed by atoms with E-state index in [9.17, 15) is 45.6 Å². The van der Waals surface area contributed by atoms with Gasteiger partial charge >= 0.3 is 5.97 Å². The van der Waals surface area contributed by atoms with Gasteiger partial charge in [0.1, 0.15) is 49.3 Å². The number of carbonyl (C=O) groups excluding carboxylic acids is 1. The Labute approximate surface area is 349 Å². The van der Waals surface area contributed by atoms with E-state index in [0.29, 0.717) is 25.7 Å². The van der Waals surface area contributed by atoms with Gasteiger partial charge in [-0.15, -0.1) is 0 Å². The highest BCUT2D eigenvalue weighted by molar-refractivity contribution is 5.65. The minimum atomic E-state index is -1.72. The van der Waals surface area contributed by atoms with Crippen LogP contribution in [0.15, 0.2) is 0 Å². The van der Waals surface area contributed by atoms with Gasteiger partial charge in [-0.2, -0.15) is 0 Å². The summed E-state index contributed by atoms with van der Waals surface area (Å²) in [5, 5.41) is 90.1. The lowest BCUT2D eigenvalue weighted by molar-refractivity contribution is -0.382. The van der Waals surface area contributed by atoms with Crippen LogP contribution in [0.1, 0.15) is 121 Å². The van der Waals surface area contributed by atoms with Gasteiger partial charge in [-0.3, -0.25) is 4.79 Å². The van der Waals surface area contributed by atoms with Gasteiger partial charge in [0.2, 0.25) is 0 Å². The highest BCUT2D eigenvalue weighted by Gasteiger charge is 2.74. The Morgan fingerprint density at radius 2 is 1.46 bits per heavy atom. The molecule has 0 aromatic carbocycles. The molecule has 3 aliphatic heterocycles. The molecule has 7 aliphatic rings. The zero-order valence-corrected chi connectivity index (χ0v) is 36.7. The molecular formula is C44H74O15. The Morgan fingerprint density at radius 3 is 2.08 bits per heavy atom. The number of esters is 1. The first-order valence-electron chi connectivity index (χ1n) is 22.1. The molecule has 0 aromatic rings. The van der Waals surface area contributed by atoms with Crippen LogP contribution < -0.4 is 0 Å². The quantitative estimate of drug-likeness (QED) is 0.129. The smallest absolute Gasteiger partial charge is 0.302 e. The highest BCUT2D eigenvalue weighted by Crippen LogP contribution is 2.76. The number of rotatable bonds is 8. The van der Waals surface area contributed by atoms with Crippen LogP contribution >= 0.6 is 0 Å². The number of aliphatic hydroxyl groups excluding tert-OH is 7. The molecule has 0 amide bonds. The van der Waals surface area contributed by atoms with E-state index in [4.69, 9.17) is 28.4 Å². The third-order valence-electron chi connectivity index (χ3n) is 17.6. The Balaban J connectivity index is 1.27. The summed E-state index contributed by atoms with van der Waals surface area (Å²) in [6, 6.07) is 0. The van der Waals surface area contributed by atoms with Gasteiger partial charge in [0, 0.05) is 6.92 Å². The van der Waals surface area contributed by atoms with Crippen LogP contribution in [0, 0.1) is 45.3 Å². The van der Waals surface area contributed by atoms with E-state index in [-0.39, 0.29) is 35.2 Å². The number of fused-ring (bicyclic) bond motifs is 5. The lowest BCUT2D eigenvalue weighted by Crippen LogP contribution is -2.71. The summed E-state index contributed by atoms with van der Waals surface area (Å²) >= 11 is 0. The first kappa shape index (κ1) is 46.0. The predicted molar refractivity (Wildman–Crippen MR) is 210 cm³/mol. The first-order valence-corrected chi connectivity index (χ1v) is 22.1. The molecular weight excluding hydrogens is 768 g/mol. The van der Waals surface area contributed by atoms with Crippen molar-refractivity contribution in [1.82, 2.24) is 0 Å². The third-order valence-corrected chi connectivity index (χ3v) is 17.6. The largest absolute Gasteiger partial charge is 0.463 e. The number of hydrogen-bond acceptors (Lipinski definition) is 15. The number of aliphatic hydroxyl groups is 8. The molecule has 22 atom stereocenters. The van der Waals surface area contributed by atoms with Gasteiger partial charge < -0.3 is 69.3 Å². The molecule has 340 valence electrons. The molecule has 15 heteroatoms. The van der Waals surface area contributed by atoms with Crippen molar-refractivity contribution in [3.63, 3.8) is 0 Å². The maximum absolute atomic E-state index is 12.4. The third kappa shape index (κ3) is 7.35. The molecule has 7 fully saturated rings. The fraction of sp³-hybridized carbons (Fsp3) is 0.977. The van der Waals surface area contributed by atoms with Crippen molar-refractivity contribution in [2.75, 3.05) is 6.61 Å².